The molecule has 0 spiro atoms. The highest BCUT2D eigenvalue weighted by Crippen LogP contribution is 2.34. The molecule has 1 amide bonds. The summed E-state index contributed by atoms with van der Waals surface area (Å²) in [6, 6.07) is 3.78. The molecule has 0 fully saturated rings. The molecule has 2 heterocycles. The monoisotopic (exact) mass is 430 g/mol. The van der Waals surface area contributed by atoms with E-state index in [1.165, 1.54) is 11.8 Å². The van der Waals surface area contributed by atoms with Crippen molar-refractivity contribution in [2.45, 2.75) is 58.2 Å². The highest BCUT2D eigenvalue weighted by atomic mass is 32.2. The lowest BCUT2D eigenvalue weighted by Crippen LogP contribution is -2.38. The number of ether oxygens (including phenoxy) is 2. The molecule has 0 radical (unpaired) electrons. The minimum absolute atomic E-state index is 0.305. The quantitative estimate of drug-likeness (QED) is 0.435. The van der Waals surface area contributed by atoms with Crippen molar-refractivity contribution in [3.05, 3.63) is 34.5 Å². The van der Waals surface area contributed by atoms with Crippen molar-refractivity contribution in [1.82, 2.24) is 14.9 Å². The van der Waals surface area contributed by atoms with Crippen LogP contribution in [0.4, 0.5) is 10.5 Å². The lowest BCUT2D eigenvalue weighted by Gasteiger charge is -2.26. The van der Waals surface area contributed by atoms with Crippen LogP contribution in [0, 0.1) is 13.8 Å². The van der Waals surface area contributed by atoms with Gasteiger partial charge in [0.05, 0.1) is 5.69 Å². The van der Waals surface area contributed by atoms with E-state index < -0.39 is 5.60 Å². The zero-order chi connectivity index (χ0) is 22.1. The van der Waals surface area contributed by atoms with Crippen LogP contribution in [-0.2, 0) is 17.6 Å². The van der Waals surface area contributed by atoms with Crippen molar-refractivity contribution < 1.29 is 14.3 Å². The van der Waals surface area contributed by atoms with E-state index in [-0.39, 0.29) is 6.09 Å². The molecule has 0 aliphatic carbocycles. The number of aromatic nitrogens is 2. The van der Waals surface area contributed by atoms with Gasteiger partial charge >= 0.3 is 6.09 Å². The van der Waals surface area contributed by atoms with Crippen molar-refractivity contribution in [3.8, 4) is 11.6 Å². The van der Waals surface area contributed by atoms with Gasteiger partial charge in [0, 0.05) is 30.8 Å². The third-order valence-electron chi connectivity index (χ3n) is 4.80. The Morgan fingerprint density at radius 2 is 1.77 bits per heavy atom. The summed E-state index contributed by atoms with van der Waals surface area (Å²) in [5, 5.41) is 0.653. The van der Waals surface area contributed by atoms with Gasteiger partial charge in [-0.05, 0) is 70.6 Å². The molecule has 0 atom stereocenters. The van der Waals surface area contributed by atoms with Crippen molar-refractivity contribution in [2.24, 2.45) is 0 Å². The lowest BCUT2D eigenvalue weighted by molar-refractivity contribution is 0.0258. The van der Waals surface area contributed by atoms with Gasteiger partial charge in [-0.25, -0.2) is 9.78 Å². The molecule has 0 unspecified atom stereocenters. The molecule has 2 N–H and O–H groups in total. The van der Waals surface area contributed by atoms with E-state index in [4.69, 9.17) is 20.2 Å². The van der Waals surface area contributed by atoms with Crippen LogP contribution in [0.15, 0.2) is 17.3 Å². The number of aryl methyl sites for hydroxylation is 2. The number of thioether (sulfide) groups is 1. The normalized spacial score (nSPS) is 14.1. The summed E-state index contributed by atoms with van der Waals surface area (Å²) < 4.78 is 11.9. The number of amides is 1. The van der Waals surface area contributed by atoms with Gasteiger partial charge in [0.1, 0.15) is 11.4 Å². The van der Waals surface area contributed by atoms with Crippen LogP contribution in [0.25, 0.3) is 0 Å². The maximum Gasteiger partial charge on any atom is 0.410 e. The first-order valence-electron chi connectivity index (χ1n) is 10.0. The fraction of sp³-hybridized carbons (Fsp3) is 0.500. The lowest BCUT2D eigenvalue weighted by atomic mass is 10.1. The maximum atomic E-state index is 12.6. The van der Waals surface area contributed by atoms with Gasteiger partial charge < -0.3 is 20.1 Å². The third-order valence-corrected chi connectivity index (χ3v) is 5.35. The first-order chi connectivity index (χ1) is 14.1. The Kier molecular flexibility index (Phi) is 6.45. The fourth-order valence-electron chi connectivity index (χ4n) is 3.47. The van der Waals surface area contributed by atoms with Gasteiger partial charge in [0.15, 0.2) is 5.16 Å². The zero-order valence-corrected chi connectivity index (χ0v) is 19.4. The number of hydrogen-bond acceptors (Lipinski definition) is 7. The smallest absolute Gasteiger partial charge is 0.410 e. The second-order valence-electron chi connectivity index (χ2n) is 8.49. The van der Waals surface area contributed by atoms with Gasteiger partial charge in [-0.15, -0.1) is 0 Å². The molecule has 7 nitrogen and oxygen atoms in total. The highest BCUT2D eigenvalue weighted by Gasteiger charge is 2.27. The SMILES string of the molecule is CSc1nc2c(c(Oc3c(C)cc(N)cc3C)n1)CCN(C(=O)OC(C)(C)C)CC2. The molecule has 3 rings (SSSR count). The second kappa shape index (κ2) is 8.71. The van der Waals surface area contributed by atoms with Crippen molar-refractivity contribution in [3.63, 3.8) is 0 Å². The zero-order valence-electron chi connectivity index (χ0n) is 18.5. The number of fused-ring (bicyclic) bond motifs is 1. The van der Waals surface area contributed by atoms with Crippen LogP contribution in [0.1, 0.15) is 43.2 Å². The summed E-state index contributed by atoms with van der Waals surface area (Å²) in [5.41, 5.74) is 9.89. The van der Waals surface area contributed by atoms with Gasteiger partial charge in [-0.2, -0.15) is 4.98 Å². The largest absolute Gasteiger partial charge is 0.444 e. The van der Waals surface area contributed by atoms with E-state index in [9.17, 15) is 4.79 Å². The summed E-state index contributed by atoms with van der Waals surface area (Å²) in [6.45, 7) is 10.6. The number of benzene rings is 1. The maximum absolute atomic E-state index is 12.6. The number of nitrogens with zero attached hydrogens (tertiary/aromatic N) is 3. The Morgan fingerprint density at radius 3 is 2.37 bits per heavy atom. The number of nitrogens with two attached hydrogens (primary N) is 1. The Morgan fingerprint density at radius 1 is 1.13 bits per heavy atom. The first-order valence-corrected chi connectivity index (χ1v) is 11.3. The van der Waals surface area contributed by atoms with Gasteiger partial charge in [0.2, 0.25) is 5.88 Å². The molecule has 162 valence electrons. The van der Waals surface area contributed by atoms with E-state index in [1.54, 1.807) is 4.90 Å². The minimum atomic E-state index is -0.527. The Balaban J connectivity index is 1.91. The van der Waals surface area contributed by atoms with E-state index in [1.807, 2.05) is 53.0 Å². The number of carbonyl (C=O) groups excluding carboxylic acids is 1. The van der Waals surface area contributed by atoms with Crippen molar-refractivity contribution in [1.29, 1.82) is 0 Å². The van der Waals surface area contributed by atoms with Gasteiger partial charge in [-0.1, -0.05) is 11.8 Å². The standard InChI is InChI=1S/C22H30N4O3S/c1-13-11-15(23)12-14(2)18(13)28-19-16-7-9-26(21(27)29-22(3,4)5)10-8-17(16)24-20(25-19)30-6/h11-12H,7-10,23H2,1-6H3. The minimum Gasteiger partial charge on any atom is -0.444 e. The fourth-order valence-corrected chi connectivity index (χ4v) is 3.85. The number of rotatable bonds is 3. The predicted octanol–water partition coefficient (Wildman–Crippen LogP) is 4.53. The molecule has 1 aliphatic heterocycles. The molecule has 8 heteroatoms. The van der Waals surface area contributed by atoms with Crippen LogP contribution < -0.4 is 10.5 Å². The van der Waals surface area contributed by atoms with Gasteiger partial charge in [0.25, 0.3) is 0 Å². The Labute approximate surface area is 182 Å². The van der Waals surface area contributed by atoms with Crippen LogP contribution in [0.2, 0.25) is 0 Å². The van der Waals surface area contributed by atoms with Crippen molar-refractivity contribution >= 4 is 23.5 Å². The van der Waals surface area contributed by atoms with Crippen LogP contribution in [-0.4, -0.2) is 45.9 Å². The Bertz CT molecular complexity index is 933. The molecule has 1 aromatic heterocycles. The Hall–Kier alpha value is -2.48. The molecule has 2 aromatic rings. The number of anilines is 1. The third kappa shape index (κ3) is 5.16. The average molecular weight is 431 g/mol. The van der Waals surface area contributed by atoms with E-state index in [2.05, 4.69) is 4.98 Å². The first kappa shape index (κ1) is 22.2. The number of hydrogen-bond donors (Lipinski definition) is 1. The number of carbonyl (C=O) groups is 1. The molecule has 30 heavy (non-hydrogen) atoms. The molecule has 0 bridgehead atoms. The molecular formula is C22H30N4O3S. The summed E-state index contributed by atoms with van der Waals surface area (Å²) in [5.74, 6) is 1.30. The van der Waals surface area contributed by atoms with Crippen molar-refractivity contribution in [2.75, 3.05) is 25.1 Å². The van der Waals surface area contributed by atoms with E-state index in [0.717, 1.165) is 28.1 Å². The summed E-state index contributed by atoms with van der Waals surface area (Å²) in [6.07, 6.45) is 2.86. The molecule has 1 aromatic carbocycles. The summed E-state index contributed by atoms with van der Waals surface area (Å²) >= 11 is 1.47. The van der Waals surface area contributed by atoms with E-state index >= 15 is 0 Å². The van der Waals surface area contributed by atoms with Crippen LogP contribution in [0.3, 0.4) is 0 Å². The summed E-state index contributed by atoms with van der Waals surface area (Å²) in [7, 11) is 0. The molecule has 1 aliphatic rings. The predicted molar refractivity (Wildman–Crippen MR) is 119 cm³/mol. The molecular weight excluding hydrogens is 400 g/mol. The van der Waals surface area contributed by atoms with Gasteiger partial charge in [-0.3, -0.25) is 0 Å². The number of nitrogen functional groups attached to an aromatic ring is 1. The van der Waals surface area contributed by atoms with Crippen LogP contribution in [0.5, 0.6) is 11.6 Å². The second-order valence-corrected chi connectivity index (χ2v) is 9.27. The highest BCUT2D eigenvalue weighted by molar-refractivity contribution is 7.98. The topological polar surface area (TPSA) is 90.6 Å². The molecule has 0 saturated heterocycles. The summed E-state index contributed by atoms with van der Waals surface area (Å²) in [4.78, 5) is 23.6. The van der Waals surface area contributed by atoms with Crippen LogP contribution >= 0.6 is 11.8 Å². The van der Waals surface area contributed by atoms with E-state index in [0.29, 0.717) is 42.7 Å². The molecule has 0 saturated carbocycles. The average Bonchev–Trinajstić information content (AvgIpc) is 2.85.